The van der Waals surface area contributed by atoms with E-state index in [0.717, 1.165) is 70.2 Å². The van der Waals surface area contributed by atoms with E-state index in [2.05, 4.69) is 55.9 Å². The second kappa shape index (κ2) is 8.35. The van der Waals surface area contributed by atoms with Crippen molar-refractivity contribution in [3.05, 3.63) is 45.9 Å². The highest BCUT2D eigenvalue weighted by Crippen LogP contribution is 2.42. The molecule has 2 N–H and O–H groups in total. The quantitative estimate of drug-likeness (QED) is 0.375. The molecule has 0 aliphatic carbocycles. The first-order valence-electron chi connectivity index (χ1n) is 11.6. The van der Waals surface area contributed by atoms with Crippen molar-refractivity contribution in [1.82, 2.24) is 24.1 Å². The van der Waals surface area contributed by atoms with Gasteiger partial charge in [0.25, 0.3) is 0 Å². The number of halogens is 1. The van der Waals surface area contributed by atoms with E-state index in [1.165, 1.54) is 0 Å². The predicted molar refractivity (Wildman–Crippen MR) is 138 cm³/mol. The summed E-state index contributed by atoms with van der Waals surface area (Å²) in [4.78, 5) is 12.2. The van der Waals surface area contributed by atoms with Crippen LogP contribution in [0.3, 0.4) is 0 Å². The maximum Gasteiger partial charge on any atom is 0.213 e. The molecule has 0 bridgehead atoms. The summed E-state index contributed by atoms with van der Waals surface area (Å²) >= 11 is 2.28. The monoisotopic (exact) mass is 573 g/mol. The van der Waals surface area contributed by atoms with Crippen LogP contribution in [0, 0.1) is 9.12 Å². The van der Waals surface area contributed by atoms with Crippen LogP contribution in [0.5, 0.6) is 5.75 Å². The van der Waals surface area contributed by atoms with Crippen molar-refractivity contribution in [2.45, 2.75) is 38.5 Å². The first kappa shape index (κ1) is 22.1. The van der Waals surface area contributed by atoms with Gasteiger partial charge >= 0.3 is 0 Å². The standard InChI is InChI=1S/C24H28IN7O2/c1-15-19(26)24(14-34-15)7-10-30(11-8-24)23-28-22-18(21-27-9-12-31(21)23)20(25)29-32(22)13-16-3-5-17(33-2)6-4-16/h3-6,9,12,15,19H,7-8,10-11,13-14,26H2,1-2H3/t15-,19+/m0/s1. The fourth-order valence-corrected chi connectivity index (χ4v) is 6.13. The number of ether oxygens (including phenoxy) is 2. The minimum atomic E-state index is 0.0690. The van der Waals surface area contributed by atoms with Crippen LogP contribution in [-0.4, -0.2) is 63.1 Å². The number of piperidine rings is 1. The van der Waals surface area contributed by atoms with E-state index in [1.807, 2.05) is 29.2 Å². The van der Waals surface area contributed by atoms with Gasteiger partial charge in [0.15, 0.2) is 11.3 Å². The molecular weight excluding hydrogens is 545 g/mol. The van der Waals surface area contributed by atoms with Gasteiger partial charge in [0.2, 0.25) is 5.95 Å². The molecule has 5 heterocycles. The van der Waals surface area contributed by atoms with Gasteiger partial charge in [-0.3, -0.25) is 4.40 Å². The lowest BCUT2D eigenvalue weighted by Gasteiger charge is -2.41. The number of imidazole rings is 1. The molecular formula is C24H28IN7O2. The lowest BCUT2D eigenvalue weighted by atomic mass is 9.73. The fraction of sp³-hybridized carbons (Fsp3) is 0.458. The molecule has 1 aromatic carbocycles. The molecule has 4 aromatic rings. The van der Waals surface area contributed by atoms with Crippen molar-refractivity contribution in [2.75, 3.05) is 31.7 Å². The van der Waals surface area contributed by atoms with Crippen LogP contribution in [0.1, 0.15) is 25.3 Å². The van der Waals surface area contributed by atoms with Crippen LogP contribution in [0.4, 0.5) is 5.95 Å². The zero-order valence-corrected chi connectivity index (χ0v) is 21.5. The molecule has 3 aromatic heterocycles. The number of hydrogen-bond donors (Lipinski definition) is 1. The highest BCUT2D eigenvalue weighted by Gasteiger charge is 2.47. The third-order valence-electron chi connectivity index (χ3n) is 7.55. The Kier molecular flexibility index (Phi) is 5.41. The van der Waals surface area contributed by atoms with Crippen LogP contribution >= 0.6 is 22.6 Å². The summed E-state index contributed by atoms with van der Waals surface area (Å²) in [7, 11) is 1.68. The SMILES string of the molecule is COc1ccc(Cn2nc(I)c3c2nc(N2CCC4(CC2)CO[C@@H](C)[C@H]4N)n2ccnc32)cc1. The first-order valence-corrected chi connectivity index (χ1v) is 12.7. The summed E-state index contributed by atoms with van der Waals surface area (Å²) in [6, 6.07) is 8.16. The summed E-state index contributed by atoms with van der Waals surface area (Å²) in [6.45, 7) is 5.24. The van der Waals surface area contributed by atoms with Crippen LogP contribution < -0.4 is 15.4 Å². The van der Waals surface area contributed by atoms with Crippen molar-refractivity contribution in [3.63, 3.8) is 0 Å². The summed E-state index contributed by atoms with van der Waals surface area (Å²) in [5.74, 6) is 1.75. The van der Waals surface area contributed by atoms with E-state index in [-0.39, 0.29) is 17.6 Å². The van der Waals surface area contributed by atoms with E-state index in [0.29, 0.717) is 6.54 Å². The summed E-state index contributed by atoms with van der Waals surface area (Å²) in [6.07, 6.45) is 5.94. The third-order valence-corrected chi connectivity index (χ3v) is 8.30. The van der Waals surface area contributed by atoms with Gasteiger partial charge in [-0.15, -0.1) is 0 Å². The van der Waals surface area contributed by atoms with Crippen molar-refractivity contribution in [3.8, 4) is 5.75 Å². The van der Waals surface area contributed by atoms with Crippen LogP contribution in [-0.2, 0) is 11.3 Å². The van der Waals surface area contributed by atoms with Gasteiger partial charge in [0.1, 0.15) is 9.45 Å². The number of aromatic nitrogens is 5. The molecule has 10 heteroatoms. The van der Waals surface area contributed by atoms with Gasteiger partial charge < -0.3 is 20.1 Å². The van der Waals surface area contributed by atoms with E-state index in [1.54, 1.807) is 7.11 Å². The minimum absolute atomic E-state index is 0.0690. The number of benzene rings is 1. The Labute approximate surface area is 211 Å². The van der Waals surface area contributed by atoms with Gasteiger partial charge in [-0.25, -0.2) is 9.67 Å². The minimum Gasteiger partial charge on any atom is -0.497 e. The maximum atomic E-state index is 6.54. The van der Waals surface area contributed by atoms with Crippen molar-refractivity contribution < 1.29 is 9.47 Å². The molecule has 1 spiro atoms. The zero-order valence-electron chi connectivity index (χ0n) is 19.3. The van der Waals surface area contributed by atoms with Crippen LogP contribution in [0.2, 0.25) is 0 Å². The third kappa shape index (κ3) is 3.45. The van der Waals surface area contributed by atoms with E-state index >= 15 is 0 Å². The van der Waals surface area contributed by atoms with E-state index in [4.69, 9.17) is 25.3 Å². The average Bonchev–Trinajstić information content (AvgIpc) is 3.53. The number of rotatable bonds is 4. The number of fused-ring (bicyclic) bond motifs is 3. The Morgan fingerprint density at radius 1 is 1.21 bits per heavy atom. The molecule has 2 aliphatic heterocycles. The number of methoxy groups -OCH3 is 1. The lowest BCUT2D eigenvalue weighted by Crippen LogP contribution is -2.51. The molecule has 2 saturated heterocycles. The molecule has 0 radical (unpaired) electrons. The molecule has 34 heavy (non-hydrogen) atoms. The molecule has 6 rings (SSSR count). The van der Waals surface area contributed by atoms with Gasteiger partial charge in [-0.2, -0.15) is 10.1 Å². The molecule has 9 nitrogen and oxygen atoms in total. The van der Waals surface area contributed by atoms with Crippen molar-refractivity contribution in [2.24, 2.45) is 11.1 Å². The van der Waals surface area contributed by atoms with Gasteiger partial charge in [-0.1, -0.05) is 12.1 Å². The molecule has 178 valence electrons. The van der Waals surface area contributed by atoms with E-state index < -0.39 is 0 Å². The van der Waals surface area contributed by atoms with Crippen LogP contribution in [0.15, 0.2) is 36.7 Å². The fourth-order valence-electron chi connectivity index (χ4n) is 5.39. The Morgan fingerprint density at radius 3 is 2.65 bits per heavy atom. The second-order valence-electron chi connectivity index (χ2n) is 9.42. The van der Waals surface area contributed by atoms with Gasteiger partial charge in [0.05, 0.1) is 31.8 Å². The Morgan fingerprint density at radius 2 is 1.97 bits per heavy atom. The number of anilines is 1. The van der Waals surface area contributed by atoms with E-state index in [9.17, 15) is 0 Å². The molecule has 2 atom stereocenters. The maximum absolute atomic E-state index is 6.54. The van der Waals surface area contributed by atoms with Crippen LogP contribution in [0.25, 0.3) is 16.7 Å². The second-order valence-corrected chi connectivity index (χ2v) is 10.4. The zero-order chi connectivity index (χ0) is 23.4. The normalized spacial score (nSPS) is 22.3. The predicted octanol–water partition coefficient (Wildman–Crippen LogP) is 3.07. The largest absolute Gasteiger partial charge is 0.497 e. The Bertz CT molecular complexity index is 1340. The summed E-state index contributed by atoms with van der Waals surface area (Å²) in [5.41, 5.74) is 9.49. The topological polar surface area (TPSA) is 95.7 Å². The van der Waals surface area contributed by atoms with Gasteiger partial charge in [-0.05, 0) is 60.1 Å². The number of nitrogens with zero attached hydrogens (tertiary/aromatic N) is 6. The highest BCUT2D eigenvalue weighted by atomic mass is 127. The molecule has 0 saturated carbocycles. The molecule has 2 aliphatic rings. The van der Waals surface area contributed by atoms with Gasteiger partial charge in [0, 0.05) is 36.9 Å². The lowest BCUT2D eigenvalue weighted by molar-refractivity contribution is 0.0973. The Balaban J connectivity index is 1.37. The van der Waals surface area contributed by atoms with Crippen molar-refractivity contribution >= 4 is 45.2 Å². The summed E-state index contributed by atoms with van der Waals surface area (Å²) < 4.78 is 16.2. The molecule has 0 unspecified atom stereocenters. The number of nitrogens with two attached hydrogens (primary N) is 1. The molecule has 2 fully saturated rings. The summed E-state index contributed by atoms with van der Waals surface area (Å²) in [5, 5.41) is 5.81. The highest BCUT2D eigenvalue weighted by molar-refractivity contribution is 14.1. The van der Waals surface area contributed by atoms with Crippen molar-refractivity contribution in [1.29, 1.82) is 0 Å². The number of hydrogen-bond acceptors (Lipinski definition) is 7. The smallest absolute Gasteiger partial charge is 0.213 e. The first-order chi connectivity index (χ1) is 16.5. The average molecular weight is 573 g/mol. The Hall–Kier alpha value is -2.44. The molecule has 0 amide bonds.